The lowest BCUT2D eigenvalue weighted by Crippen LogP contribution is -2.01. The first kappa shape index (κ1) is 9.46. The molecule has 0 saturated carbocycles. The molecule has 0 N–H and O–H groups in total. The minimum absolute atomic E-state index is 0.263. The second kappa shape index (κ2) is 4.41. The van der Waals surface area contributed by atoms with Gasteiger partial charge in [-0.15, -0.1) is 0 Å². The molecule has 1 aromatic heterocycles. The van der Waals surface area contributed by atoms with Crippen LogP contribution in [0.2, 0.25) is 0 Å². The number of methoxy groups -OCH3 is 1. The summed E-state index contributed by atoms with van der Waals surface area (Å²) in [6, 6.07) is 2.04. The van der Waals surface area contributed by atoms with E-state index in [1.807, 2.05) is 13.0 Å². The topological polar surface area (TPSA) is 58.8 Å². The summed E-state index contributed by atoms with van der Waals surface area (Å²) >= 11 is 0. The van der Waals surface area contributed by atoms with Crippen molar-refractivity contribution in [3.8, 4) is 11.8 Å². The van der Waals surface area contributed by atoms with Gasteiger partial charge in [-0.3, -0.25) is 0 Å². The monoisotopic (exact) mass is 177 g/mol. The van der Waals surface area contributed by atoms with Gasteiger partial charge >= 0.3 is 0 Å². The smallest absolute Gasteiger partial charge is 0.162 e. The normalized spacial score (nSPS) is 9.31. The fourth-order valence-corrected chi connectivity index (χ4v) is 1.14. The Kier molecular flexibility index (Phi) is 3.21. The van der Waals surface area contributed by atoms with Crippen LogP contribution in [0.1, 0.15) is 18.3 Å². The number of rotatable bonds is 3. The molecule has 0 bridgehead atoms. The lowest BCUT2D eigenvalue weighted by atomic mass is 10.2. The molecule has 1 aromatic rings. The first-order valence-electron chi connectivity index (χ1n) is 4.07. The van der Waals surface area contributed by atoms with E-state index in [1.54, 1.807) is 7.11 Å². The Hall–Kier alpha value is -1.63. The molecule has 0 fully saturated rings. The van der Waals surface area contributed by atoms with Gasteiger partial charge in [-0.2, -0.15) is 5.26 Å². The molecule has 0 aromatic carbocycles. The maximum Gasteiger partial charge on any atom is 0.162 e. The van der Waals surface area contributed by atoms with Gasteiger partial charge in [-0.05, 0) is 6.42 Å². The first-order chi connectivity index (χ1) is 6.33. The van der Waals surface area contributed by atoms with Crippen LogP contribution in [0.3, 0.4) is 0 Å². The van der Waals surface area contributed by atoms with E-state index in [4.69, 9.17) is 10.00 Å². The second-order valence-electron chi connectivity index (χ2n) is 2.49. The average molecular weight is 177 g/mol. The number of hydrogen-bond acceptors (Lipinski definition) is 4. The highest BCUT2D eigenvalue weighted by molar-refractivity contribution is 5.33. The van der Waals surface area contributed by atoms with Crippen LogP contribution in [0.5, 0.6) is 5.75 Å². The Morgan fingerprint density at radius 2 is 2.15 bits per heavy atom. The number of aromatic nitrogens is 2. The van der Waals surface area contributed by atoms with E-state index >= 15 is 0 Å². The zero-order valence-corrected chi connectivity index (χ0v) is 7.74. The van der Waals surface area contributed by atoms with E-state index < -0.39 is 0 Å². The third-order valence-electron chi connectivity index (χ3n) is 1.74. The number of ether oxygens (including phenoxy) is 1. The minimum Gasteiger partial charge on any atom is -0.493 e. The van der Waals surface area contributed by atoms with Crippen LogP contribution in [-0.2, 0) is 12.8 Å². The van der Waals surface area contributed by atoms with Gasteiger partial charge in [0.25, 0.3) is 0 Å². The summed E-state index contributed by atoms with van der Waals surface area (Å²) in [5.41, 5.74) is 1.51. The number of hydrogen-bond donors (Lipinski definition) is 0. The van der Waals surface area contributed by atoms with Crippen molar-refractivity contribution in [1.82, 2.24) is 9.97 Å². The molecule has 0 aliphatic carbocycles. The maximum atomic E-state index is 8.54. The first-order valence-corrected chi connectivity index (χ1v) is 4.07. The van der Waals surface area contributed by atoms with Crippen LogP contribution in [0.25, 0.3) is 0 Å². The maximum absolute atomic E-state index is 8.54. The molecule has 0 saturated heterocycles. The van der Waals surface area contributed by atoms with Crippen molar-refractivity contribution in [3.05, 3.63) is 17.7 Å². The largest absolute Gasteiger partial charge is 0.493 e. The zero-order valence-electron chi connectivity index (χ0n) is 7.74. The van der Waals surface area contributed by atoms with Gasteiger partial charge in [0.2, 0.25) is 0 Å². The van der Waals surface area contributed by atoms with E-state index in [0.29, 0.717) is 11.4 Å². The predicted octanol–water partition coefficient (Wildman–Crippen LogP) is 1.11. The molecule has 0 spiro atoms. The quantitative estimate of drug-likeness (QED) is 0.694. The highest BCUT2D eigenvalue weighted by Crippen LogP contribution is 2.19. The standard InChI is InChI=1S/C9H11N3O/c1-3-7-9(13-2)8(4-5-10)12-6-11-7/h6H,3-4H2,1-2H3. The molecule has 4 nitrogen and oxygen atoms in total. The van der Waals surface area contributed by atoms with Crippen LogP contribution in [0.15, 0.2) is 6.33 Å². The Morgan fingerprint density at radius 1 is 1.46 bits per heavy atom. The van der Waals surface area contributed by atoms with Gasteiger partial charge < -0.3 is 4.74 Å². The zero-order chi connectivity index (χ0) is 9.68. The van der Waals surface area contributed by atoms with Gasteiger partial charge in [-0.25, -0.2) is 9.97 Å². The number of aryl methyl sites for hydroxylation is 1. The van der Waals surface area contributed by atoms with Crippen molar-refractivity contribution in [3.63, 3.8) is 0 Å². The molecule has 0 radical (unpaired) electrons. The molecular formula is C9H11N3O. The van der Waals surface area contributed by atoms with Gasteiger partial charge in [0.1, 0.15) is 12.0 Å². The van der Waals surface area contributed by atoms with Gasteiger partial charge in [-0.1, -0.05) is 6.92 Å². The van der Waals surface area contributed by atoms with E-state index in [2.05, 4.69) is 9.97 Å². The predicted molar refractivity (Wildman–Crippen MR) is 47.3 cm³/mol. The number of nitrogens with zero attached hydrogens (tertiary/aromatic N) is 3. The van der Waals surface area contributed by atoms with Crippen molar-refractivity contribution in [2.24, 2.45) is 0 Å². The fraction of sp³-hybridized carbons (Fsp3) is 0.444. The van der Waals surface area contributed by atoms with Gasteiger partial charge in [0.15, 0.2) is 5.75 Å². The minimum atomic E-state index is 0.263. The third-order valence-corrected chi connectivity index (χ3v) is 1.74. The molecule has 0 aliphatic rings. The molecule has 1 heterocycles. The number of nitriles is 1. The fourth-order valence-electron chi connectivity index (χ4n) is 1.14. The highest BCUT2D eigenvalue weighted by Gasteiger charge is 2.09. The molecule has 0 unspecified atom stereocenters. The summed E-state index contributed by atoms with van der Waals surface area (Å²) in [7, 11) is 1.57. The van der Waals surface area contributed by atoms with E-state index in [9.17, 15) is 0 Å². The summed E-state index contributed by atoms with van der Waals surface area (Å²) in [4.78, 5) is 8.05. The van der Waals surface area contributed by atoms with Crippen molar-refractivity contribution < 1.29 is 4.74 Å². The van der Waals surface area contributed by atoms with Crippen LogP contribution in [0, 0.1) is 11.3 Å². The van der Waals surface area contributed by atoms with E-state index in [1.165, 1.54) is 6.33 Å². The summed E-state index contributed by atoms with van der Waals surface area (Å²) in [5.74, 6) is 0.645. The van der Waals surface area contributed by atoms with Gasteiger partial charge in [0.05, 0.1) is 25.3 Å². The molecular weight excluding hydrogens is 166 g/mol. The third kappa shape index (κ3) is 1.94. The van der Waals surface area contributed by atoms with Crippen molar-refractivity contribution in [1.29, 1.82) is 5.26 Å². The molecule has 4 heteroatoms. The lowest BCUT2D eigenvalue weighted by Gasteiger charge is -2.07. The Bertz CT molecular complexity index is 330. The van der Waals surface area contributed by atoms with Crippen LogP contribution >= 0.6 is 0 Å². The van der Waals surface area contributed by atoms with Crippen molar-refractivity contribution in [2.45, 2.75) is 19.8 Å². The molecule has 0 aliphatic heterocycles. The molecule has 1 rings (SSSR count). The lowest BCUT2D eigenvalue weighted by molar-refractivity contribution is 0.400. The van der Waals surface area contributed by atoms with Crippen LogP contribution in [-0.4, -0.2) is 17.1 Å². The molecule has 0 amide bonds. The summed E-state index contributed by atoms with van der Waals surface area (Å²) in [6.45, 7) is 1.99. The summed E-state index contributed by atoms with van der Waals surface area (Å²) in [5, 5.41) is 8.54. The summed E-state index contributed by atoms with van der Waals surface area (Å²) < 4.78 is 5.14. The Labute approximate surface area is 77.2 Å². The molecule has 0 atom stereocenters. The van der Waals surface area contributed by atoms with Crippen molar-refractivity contribution >= 4 is 0 Å². The van der Waals surface area contributed by atoms with E-state index in [0.717, 1.165) is 12.1 Å². The van der Waals surface area contributed by atoms with Crippen LogP contribution < -0.4 is 4.74 Å². The van der Waals surface area contributed by atoms with Gasteiger partial charge in [0, 0.05) is 0 Å². The molecule has 68 valence electrons. The highest BCUT2D eigenvalue weighted by atomic mass is 16.5. The summed E-state index contributed by atoms with van der Waals surface area (Å²) in [6.07, 6.45) is 2.51. The average Bonchev–Trinajstić information content (AvgIpc) is 2.18. The molecule has 13 heavy (non-hydrogen) atoms. The Balaban J connectivity index is 3.12. The second-order valence-corrected chi connectivity index (χ2v) is 2.49. The van der Waals surface area contributed by atoms with Crippen molar-refractivity contribution in [2.75, 3.05) is 7.11 Å². The Morgan fingerprint density at radius 3 is 2.69 bits per heavy atom. The SMILES string of the molecule is CCc1ncnc(CC#N)c1OC. The van der Waals surface area contributed by atoms with Crippen LogP contribution in [0.4, 0.5) is 0 Å². The van der Waals surface area contributed by atoms with E-state index in [-0.39, 0.29) is 6.42 Å².